The summed E-state index contributed by atoms with van der Waals surface area (Å²) in [5.74, 6) is 0.247. The number of nitrogens with one attached hydrogen (secondary N) is 2. The van der Waals surface area contributed by atoms with Crippen molar-refractivity contribution in [2.45, 2.75) is 105 Å². The van der Waals surface area contributed by atoms with Crippen molar-refractivity contribution in [2.75, 3.05) is 7.11 Å². The fraction of sp³-hybridized carbons (Fsp3) is 0.395. The summed E-state index contributed by atoms with van der Waals surface area (Å²) in [4.78, 5) is 43.8. The molecule has 0 saturated heterocycles. The zero-order valence-corrected chi connectivity index (χ0v) is 31.0. The van der Waals surface area contributed by atoms with E-state index >= 15 is 0 Å². The van der Waals surface area contributed by atoms with Crippen LogP contribution in [0.5, 0.6) is 0 Å². The molecule has 1 aromatic carbocycles. The number of allylic oxidation sites excluding steroid dienone is 2. The second-order valence-corrected chi connectivity index (χ2v) is 14.3. The molecule has 8 nitrogen and oxygen atoms in total. The predicted molar refractivity (Wildman–Crippen MR) is 203 cm³/mol. The number of aryl methyl sites for hydroxylation is 3. The molecule has 264 valence electrons. The number of fused-ring (bicyclic) bond motifs is 8. The SMILES string of the molecule is CCc1cccc(COC(C)c2c(C)c3cc4nc(c5c6[nH]c(cc7nc(cc2[nH]3)[C@H](C)[C@H]7CC)c(C)c6C(=O)C5)C(CCC(=O)OC)=C4C)c1. The Kier molecular flexibility index (Phi) is 9.31. The third-order valence-electron chi connectivity index (χ3n) is 11.3. The Balaban J connectivity index is 1.49. The highest BCUT2D eigenvalue weighted by Crippen LogP contribution is 2.43. The molecule has 4 aromatic rings. The third-order valence-corrected chi connectivity index (χ3v) is 11.3. The lowest BCUT2D eigenvalue weighted by atomic mass is 9.89. The van der Waals surface area contributed by atoms with Gasteiger partial charge in [-0.05, 0) is 98.6 Å². The average Bonchev–Trinajstić information content (AvgIpc) is 3.88. The molecule has 8 bridgehead atoms. The molecular weight excluding hydrogens is 636 g/mol. The molecule has 2 N–H and O–H groups in total. The Hall–Kier alpha value is -4.82. The van der Waals surface area contributed by atoms with Crippen LogP contribution in [0.2, 0.25) is 0 Å². The average molecular weight is 685 g/mol. The molecule has 5 heterocycles. The van der Waals surface area contributed by atoms with Crippen molar-refractivity contribution in [3.8, 4) is 0 Å². The van der Waals surface area contributed by atoms with Crippen LogP contribution >= 0.6 is 0 Å². The quantitative estimate of drug-likeness (QED) is 0.170. The standard InChI is InChI=1S/C43H48N4O4/c1-9-27-12-11-13-28(16-27)21-51-26(7)40-24(5)34-18-33-23(4)30(14-15-39(49)50-8)42(46-33)31-17-38(48)41-25(6)35(47-43(31)41)19-36-29(10-2)22(3)32(44-36)20-37(40)45-34/h11-13,16,18-20,22,26,29,45,47H,9-10,14-15,17,21H2,1-8H3/t22-,26?,29-/m1/s1. The number of aromatic nitrogens is 4. The van der Waals surface area contributed by atoms with Gasteiger partial charge in [0.1, 0.15) is 0 Å². The number of nitrogens with zero attached hydrogens (tertiary/aromatic N) is 2. The highest BCUT2D eigenvalue weighted by Gasteiger charge is 2.32. The van der Waals surface area contributed by atoms with Crippen LogP contribution in [0.1, 0.15) is 138 Å². The number of hydrogen-bond acceptors (Lipinski definition) is 6. The molecule has 0 radical (unpaired) electrons. The van der Waals surface area contributed by atoms with E-state index in [4.69, 9.17) is 19.4 Å². The van der Waals surface area contributed by atoms with Gasteiger partial charge in [-0.2, -0.15) is 0 Å². The van der Waals surface area contributed by atoms with Gasteiger partial charge < -0.3 is 19.4 Å². The van der Waals surface area contributed by atoms with Crippen molar-refractivity contribution >= 4 is 45.0 Å². The van der Waals surface area contributed by atoms with Gasteiger partial charge in [0.15, 0.2) is 5.78 Å². The summed E-state index contributed by atoms with van der Waals surface area (Å²) in [6, 6.07) is 15.0. The number of carbonyl (C=O) groups is 2. The van der Waals surface area contributed by atoms with Crippen molar-refractivity contribution < 1.29 is 19.1 Å². The first kappa shape index (κ1) is 34.6. The minimum atomic E-state index is -0.278. The second kappa shape index (κ2) is 13.7. The number of benzene rings is 1. The van der Waals surface area contributed by atoms with Crippen LogP contribution in [0.3, 0.4) is 0 Å². The molecule has 1 aliphatic carbocycles. The van der Waals surface area contributed by atoms with Gasteiger partial charge in [0.25, 0.3) is 0 Å². The van der Waals surface area contributed by atoms with Crippen LogP contribution in [0.4, 0.5) is 0 Å². The predicted octanol–water partition coefficient (Wildman–Crippen LogP) is 9.69. The number of methoxy groups -OCH3 is 1. The Morgan fingerprint density at radius 2 is 1.71 bits per heavy atom. The highest BCUT2D eigenvalue weighted by molar-refractivity contribution is 6.14. The molecule has 1 unspecified atom stereocenters. The van der Waals surface area contributed by atoms with Crippen LogP contribution in [-0.2, 0) is 33.7 Å². The van der Waals surface area contributed by atoms with Crippen molar-refractivity contribution in [3.05, 3.63) is 104 Å². The Morgan fingerprint density at radius 1 is 0.961 bits per heavy atom. The molecule has 0 fully saturated rings. The number of carbonyl (C=O) groups excluding carboxylic acids is 2. The van der Waals surface area contributed by atoms with E-state index in [0.717, 1.165) is 102 Å². The van der Waals surface area contributed by atoms with E-state index in [1.807, 2.05) is 6.92 Å². The molecule has 0 saturated carbocycles. The van der Waals surface area contributed by atoms with E-state index < -0.39 is 0 Å². The van der Waals surface area contributed by atoms with Gasteiger partial charge in [0.05, 0.1) is 36.7 Å². The number of esters is 1. The number of rotatable bonds is 9. The fourth-order valence-electron chi connectivity index (χ4n) is 8.27. The summed E-state index contributed by atoms with van der Waals surface area (Å²) >= 11 is 0. The molecule has 0 amide bonds. The normalized spacial score (nSPS) is 17.4. The Labute approximate surface area is 299 Å². The Bertz CT molecular complexity index is 2270. The summed E-state index contributed by atoms with van der Waals surface area (Å²) in [5.41, 5.74) is 16.4. The monoisotopic (exact) mass is 684 g/mol. The zero-order valence-electron chi connectivity index (χ0n) is 31.0. The van der Waals surface area contributed by atoms with Crippen LogP contribution in [0.15, 0.2) is 42.5 Å². The molecule has 3 atom stereocenters. The maximum absolute atomic E-state index is 13.6. The lowest BCUT2D eigenvalue weighted by Crippen LogP contribution is -2.02. The summed E-state index contributed by atoms with van der Waals surface area (Å²) in [5, 5.41) is 0. The van der Waals surface area contributed by atoms with E-state index in [-0.39, 0.29) is 42.5 Å². The topological polar surface area (TPSA) is 110 Å². The first-order chi connectivity index (χ1) is 24.5. The Morgan fingerprint density at radius 3 is 2.45 bits per heavy atom. The molecule has 51 heavy (non-hydrogen) atoms. The molecular formula is C43H48N4O4. The van der Waals surface area contributed by atoms with Gasteiger partial charge >= 0.3 is 5.97 Å². The lowest BCUT2D eigenvalue weighted by Gasteiger charge is -2.15. The van der Waals surface area contributed by atoms with E-state index in [1.165, 1.54) is 12.7 Å². The van der Waals surface area contributed by atoms with Gasteiger partial charge in [-0.25, -0.2) is 4.98 Å². The highest BCUT2D eigenvalue weighted by atomic mass is 16.5. The number of Topliss-reactive ketones (excluding diaryl/α,β-unsaturated/α-hetero) is 1. The van der Waals surface area contributed by atoms with Crippen LogP contribution in [-0.4, -0.2) is 38.8 Å². The number of ether oxygens (including phenoxy) is 2. The third kappa shape index (κ3) is 6.13. The first-order valence-electron chi connectivity index (χ1n) is 18.3. The molecule has 3 aliphatic rings. The zero-order chi connectivity index (χ0) is 36.1. The smallest absolute Gasteiger partial charge is 0.305 e. The van der Waals surface area contributed by atoms with Gasteiger partial charge in [-0.1, -0.05) is 45.0 Å². The van der Waals surface area contributed by atoms with Gasteiger partial charge in [-0.3, -0.25) is 14.6 Å². The second-order valence-electron chi connectivity index (χ2n) is 14.3. The summed E-state index contributed by atoms with van der Waals surface area (Å²) < 4.78 is 11.6. The van der Waals surface area contributed by atoms with Crippen molar-refractivity contribution in [1.82, 2.24) is 19.9 Å². The molecule has 3 aromatic heterocycles. The maximum atomic E-state index is 13.6. The van der Waals surface area contributed by atoms with E-state index in [1.54, 1.807) is 0 Å². The largest absolute Gasteiger partial charge is 0.469 e. The van der Waals surface area contributed by atoms with Gasteiger partial charge in [0, 0.05) is 69.3 Å². The van der Waals surface area contributed by atoms with Crippen LogP contribution in [0, 0.1) is 13.8 Å². The van der Waals surface area contributed by atoms with Crippen molar-refractivity contribution in [3.63, 3.8) is 0 Å². The molecule has 2 aliphatic heterocycles. The minimum Gasteiger partial charge on any atom is -0.469 e. The lowest BCUT2D eigenvalue weighted by molar-refractivity contribution is -0.140. The fourth-order valence-corrected chi connectivity index (χ4v) is 8.27. The van der Waals surface area contributed by atoms with Crippen molar-refractivity contribution in [2.24, 2.45) is 0 Å². The number of ketones is 1. The van der Waals surface area contributed by atoms with E-state index in [9.17, 15) is 9.59 Å². The molecule has 8 heteroatoms. The summed E-state index contributed by atoms with van der Waals surface area (Å²) in [7, 11) is 1.41. The maximum Gasteiger partial charge on any atom is 0.305 e. The number of H-pyrrole nitrogens is 2. The van der Waals surface area contributed by atoms with Gasteiger partial charge in [-0.15, -0.1) is 0 Å². The van der Waals surface area contributed by atoms with E-state index in [2.05, 4.69) is 94.0 Å². The number of aromatic amines is 2. The summed E-state index contributed by atoms with van der Waals surface area (Å²) in [6.07, 6.45) is 2.67. The van der Waals surface area contributed by atoms with Crippen LogP contribution in [0.25, 0.3) is 33.2 Å². The first-order valence-corrected chi connectivity index (χ1v) is 18.3. The molecule has 7 rings (SSSR count). The molecule has 0 spiro atoms. The van der Waals surface area contributed by atoms with E-state index in [0.29, 0.717) is 13.0 Å². The van der Waals surface area contributed by atoms with Gasteiger partial charge in [0.2, 0.25) is 0 Å². The van der Waals surface area contributed by atoms with Crippen LogP contribution < -0.4 is 0 Å². The van der Waals surface area contributed by atoms with Crippen molar-refractivity contribution in [1.29, 1.82) is 0 Å². The minimum absolute atomic E-state index is 0.0823. The number of hydrogen-bond donors (Lipinski definition) is 2. The summed E-state index contributed by atoms with van der Waals surface area (Å²) in [6.45, 7) is 15.5.